The highest BCUT2D eigenvalue weighted by Gasteiger charge is 2.04. The predicted octanol–water partition coefficient (Wildman–Crippen LogP) is 3.67. The largest absolute Gasteiger partial charge is 0.392 e. The van der Waals surface area contributed by atoms with Crippen LogP contribution >= 0.6 is 0 Å². The monoisotopic (exact) mass is 298 g/mol. The van der Waals surface area contributed by atoms with E-state index in [0.717, 1.165) is 16.7 Å². The fraction of sp³-hybridized carbons (Fsp3) is 0.211. The highest BCUT2D eigenvalue weighted by molar-refractivity contribution is 5.65. The standard InChI is InChI=1S/C16H18O2.C3H4O/c1-12-3-5-13(6-4-12)14-7-8-15(10-17)16(9-14)11-18-2;1-2-3-4/h3-9,17H,10-11H2,1-2H3;2-3H,1H2. The molecular weight excluding hydrogens is 276 g/mol. The number of hydrogen-bond donors (Lipinski definition) is 1. The van der Waals surface area contributed by atoms with Crippen molar-refractivity contribution in [3.63, 3.8) is 0 Å². The molecule has 3 heteroatoms. The molecule has 0 heterocycles. The molecule has 3 nitrogen and oxygen atoms in total. The number of carbonyl (C=O) groups is 1. The van der Waals surface area contributed by atoms with Crippen molar-refractivity contribution in [1.82, 2.24) is 0 Å². The summed E-state index contributed by atoms with van der Waals surface area (Å²) < 4.78 is 5.17. The van der Waals surface area contributed by atoms with Crippen LogP contribution in [-0.2, 0) is 22.7 Å². The van der Waals surface area contributed by atoms with Gasteiger partial charge >= 0.3 is 0 Å². The molecule has 0 amide bonds. The number of carbonyl (C=O) groups excluding carboxylic acids is 1. The Morgan fingerprint density at radius 3 is 2.18 bits per heavy atom. The van der Waals surface area contributed by atoms with Gasteiger partial charge in [-0.15, -0.1) is 0 Å². The number of aliphatic hydroxyl groups is 1. The Kier molecular flexibility index (Phi) is 7.83. The van der Waals surface area contributed by atoms with Crippen molar-refractivity contribution in [2.75, 3.05) is 7.11 Å². The van der Waals surface area contributed by atoms with Crippen LogP contribution in [0.3, 0.4) is 0 Å². The lowest BCUT2D eigenvalue weighted by atomic mass is 9.99. The molecule has 116 valence electrons. The average molecular weight is 298 g/mol. The Labute approximate surface area is 131 Å². The predicted molar refractivity (Wildman–Crippen MR) is 89.5 cm³/mol. The number of aliphatic hydroxyl groups excluding tert-OH is 1. The van der Waals surface area contributed by atoms with Crippen LogP contribution in [0.1, 0.15) is 16.7 Å². The Balaban J connectivity index is 0.000000541. The SMILES string of the molecule is C=CC=O.COCc1cc(-c2ccc(C)cc2)ccc1CO. The number of allylic oxidation sites excluding steroid dienone is 1. The topological polar surface area (TPSA) is 46.5 Å². The molecule has 0 saturated heterocycles. The maximum absolute atomic E-state index is 9.29. The number of ether oxygens (including phenoxy) is 1. The van der Waals surface area contributed by atoms with Gasteiger partial charge in [-0.2, -0.15) is 0 Å². The van der Waals surface area contributed by atoms with Gasteiger partial charge < -0.3 is 9.84 Å². The molecule has 1 N–H and O–H groups in total. The van der Waals surface area contributed by atoms with E-state index in [-0.39, 0.29) is 6.61 Å². The fourth-order valence-corrected chi connectivity index (χ4v) is 2.00. The van der Waals surface area contributed by atoms with E-state index in [0.29, 0.717) is 12.9 Å². The van der Waals surface area contributed by atoms with Crippen molar-refractivity contribution >= 4 is 6.29 Å². The van der Waals surface area contributed by atoms with Crippen molar-refractivity contribution in [2.24, 2.45) is 0 Å². The minimum Gasteiger partial charge on any atom is -0.392 e. The van der Waals surface area contributed by atoms with Crippen LogP contribution in [0.4, 0.5) is 0 Å². The molecular formula is C19H22O3. The summed E-state index contributed by atoms with van der Waals surface area (Å²) in [5, 5.41) is 9.29. The van der Waals surface area contributed by atoms with Gasteiger partial charge in [-0.3, -0.25) is 4.79 Å². The van der Waals surface area contributed by atoms with Crippen LogP contribution in [-0.4, -0.2) is 18.5 Å². The molecule has 2 aromatic carbocycles. The van der Waals surface area contributed by atoms with Crippen LogP contribution in [0, 0.1) is 6.92 Å². The van der Waals surface area contributed by atoms with Crippen LogP contribution in [0.25, 0.3) is 11.1 Å². The molecule has 2 rings (SSSR count). The number of benzene rings is 2. The first-order valence-corrected chi connectivity index (χ1v) is 7.01. The lowest BCUT2D eigenvalue weighted by molar-refractivity contribution is -0.104. The first-order chi connectivity index (χ1) is 10.7. The van der Waals surface area contributed by atoms with E-state index in [2.05, 4.69) is 43.8 Å². The van der Waals surface area contributed by atoms with Crippen molar-refractivity contribution in [3.8, 4) is 11.1 Å². The third-order valence-corrected chi connectivity index (χ3v) is 3.16. The summed E-state index contributed by atoms with van der Waals surface area (Å²) in [7, 11) is 1.67. The quantitative estimate of drug-likeness (QED) is 0.676. The summed E-state index contributed by atoms with van der Waals surface area (Å²) in [4.78, 5) is 9.06. The van der Waals surface area contributed by atoms with Crippen LogP contribution in [0.5, 0.6) is 0 Å². The Morgan fingerprint density at radius 2 is 1.68 bits per heavy atom. The molecule has 0 bridgehead atoms. The molecule has 0 saturated carbocycles. The third-order valence-electron chi connectivity index (χ3n) is 3.16. The number of hydrogen-bond acceptors (Lipinski definition) is 3. The van der Waals surface area contributed by atoms with Gasteiger partial charge in [-0.25, -0.2) is 0 Å². The van der Waals surface area contributed by atoms with Gasteiger partial charge in [0.1, 0.15) is 6.29 Å². The average Bonchev–Trinajstić information content (AvgIpc) is 2.56. The van der Waals surface area contributed by atoms with Crippen LogP contribution in [0.15, 0.2) is 55.1 Å². The van der Waals surface area contributed by atoms with Crippen LogP contribution < -0.4 is 0 Å². The summed E-state index contributed by atoms with van der Waals surface area (Å²) in [6, 6.07) is 14.5. The third kappa shape index (κ3) is 5.28. The Bertz CT molecular complexity index is 595. The zero-order valence-corrected chi connectivity index (χ0v) is 13.1. The van der Waals surface area contributed by atoms with Gasteiger partial charge in [-0.05, 0) is 41.3 Å². The number of aryl methyl sites for hydroxylation is 1. The van der Waals surface area contributed by atoms with Gasteiger partial charge in [0.05, 0.1) is 13.2 Å². The summed E-state index contributed by atoms with van der Waals surface area (Å²) in [5.74, 6) is 0. The van der Waals surface area contributed by atoms with Gasteiger partial charge in [0.2, 0.25) is 0 Å². The maximum atomic E-state index is 9.29. The van der Waals surface area contributed by atoms with Crippen molar-refractivity contribution in [2.45, 2.75) is 20.1 Å². The molecule has 0 unspecified atom stereocenters. The first-order valence-electron chi connectivity index (χ1n) is 7.01. The summed E-state index contributed by atoms with van der Waals surface area (Å²) in [5.41, 5.74) is 5.55. The Morgan fingerprint density at radius 1 is 1.09 bits per heavy atom. The maximum Gasteiger partial charge on any atom is 0.142 e. The highest BCUT2D eigenvalue weighted by Crippen LogP contribution is 2.23. The van der Waals surface area contributed by atoms with E-state index >= 15 is 0 Å². The van der Waals surface area contributed by atoms with E-state index < -0.39 is 0 Å². The van der Waals surface area contributed by atoms with Gasteiger partial charge in [-0.1, -0.05) is 48.5 Å². The summed E-state index contributed by atoms with van der Waals surface area (Å²) >= 11 is 0. The van der Waals surface area contributed by atoms with Crippen molar-refractivity contribution in [1.29, 1.82) is 0 Å². The molecule has 0 atom stereocenters. The van der Waals surface area contributed by atoms with E-state index in [4.69, 9.17) is 9.53 Å². The Hall–Kier alpha value is -2.23. The van der Waals surface area contributed by atoms with Gasteiger partial charge in [0.25, 0.3) is 0 Å². The fourth-order valence-electron chi connectivity index (χ4n) is 2.00. The van der Waals surface area contributed by atoms with Crippen molar-refractivity contribution < 1.29 is 14.6 Å². The zero-order valence-electron chi connectivity index (χ0n) is 13.1. The molecule has 22 heavy (non-hydrogen) atoms. The molecule has 2 aromatic rings. The summed E-state index contributed by atoms with van der Waals surface area (Å²) in [6.07, 6.45) is 1.83. The number of methoxy groups -OCH3 is 1. The molecule has 0 aromatic heterocycles. The van der Waals surface area contributed by atoms with E-state index in [1.165, 1.54) is 17.2 Å². The molecule has 0 fully saturated rings. The minimum absolute atomic E-state index is 0.0485. The van der Waals surface area contributed by atoms with Gasteiger partial charge in [0.15, 0.2) is 0 Å². The second-order valence-corrected chi connectivity index (χ2v) is 4.81. The van der Waals surface area contributed by atoms with Crippen molar-refractivity contribution in [3.05, 3.63) is 71.8 Å². The first kappa shape index (κ1) is 17.8. The molecule has 0 aliphatic carbocycles. The minimum atomic E-state index is 0.0485. The second kappa shape index (κ2) is 9.66. The second-order valence-electron chi connectivity index (χ2n) is 4.81. The lowest BCUT2D eigenvalue weighted by Crippen LogP contribution is -1.96. The summed E-state index contributed by atoms with van der Waals surface area (Å²) in [6.45, 7) is 5.76. The lowest BCUT2D eigenvalue weighted by Gasteiger charge is -2.10. The van der Waals surface area contributed by atoms with E-state index in [9.17, 15) is 5.11 Å². The van der Waals surface area contributed by atoms with Crippen LogP contribution in [0.2, 0.25) is 0 Å². The number of rotatable bonds is 5. The van der Waals surface area contributed by atoms with Gasteiger partial charge in [0, 0.05) is 7.11 Å². The van der Waals surface area contributed by atoms with E-state index in [1.54, 1.807) is 7.11 Å². The molecule has 0 aliphatic rings. The van der Waals surface area contributed by atoms with E-state index in [1.807, 2.05) is 12.1 Å². The highest BCUT2D eigenvalue weighted by atomic mass is 16.5. The number of aldehydes is 1. The molecule has 0 spiro atoms. The molecule has 0 aliphatic heterocycles. The zero-order chi connectivity index (χ0) is 16.4. The molecule has 0 radical (unpaired) electrons. The smallest absolute Gasteiger partial charge is 0.142 e. The normalized spacial score (nSPS) is 9.59.